The molecule has 3 nitrogen and oxygen atoms in total. The number of para-hydroxylation sites is 1. The van der Waals surface area contributed by atoms with Crippen LogP contribution in [-0.2, 0) is 6.54 Å². The summed E-state index contributed by atoms with van der Waals surface area (Å²) in [7, 11) is 1.46. The number of ether oxygens (including phenoxy) is 1. The van der Waals surface area contributed by atoms with Gasteiger partial charge in [-0.1, -0.05) is 12.1 Å². The summed E-state index contributed by atoms with van der Waals surface area (Å²) in [5.41, 5.74) is 1.01. The Morgan fingerprint density at radius 1 is 1.14 bits per heavy atom. The summed E-state index contributed by atoms with van der Waals surface area (Å²) in [5, 5.41) is 1.04. The van der Waals surface area contributed by atoms with Crippen LogP contribution in [0.4, 0.5) is 4.39 Å². The van der Waals surface area contributed by atoms with E-state index < -0.39 is 5.82 Å². The van der Waals surface area contributed by atoms with Gasteiger partial charge in [0.2, 0.25) is 17.8 Å². The van der Waals surface area contributed by atoms with E-state index in [0.29, 0.717) is 5.75 Å². The number of rotatable bonds is 4. The highest BCUT2D eigenvalue weighted by Gasteiger charge is 2.18. The van der Waals surface area contributed by atoms with Crippen LogP contribution in [0.3, 0.4) is 0 Å². The number of aromatic nitrogens is 1. The molecule has 1 heterocycles. The number of benzene rings is 2. The minimum absolute atomic E-state index is 0.0706. The van der Waals surface area contributed by atoms with Crippen LogP contribution in [0.2, 0.25) is 0 Å². The number of fused-ring (bicyclic) bond motifs is 1. The van der Waals surface area contributed by atoms with Gasteiger partial charge in [0, 0.05) is 23.6 Å². The van der Waals surface area contributed by atoms with Gasteiger partial charge in [0.15, 0.2) is 6.20 Å². The van der Waals surface area contributed by atoms with Crippen molar-refractivity contribution in [3.8, 4) is 5.75 Å². The summed E-state index contributed by atoms with van der Waals surface area (Å²) < 4.78 is 20.8. The van der Waals surface area contributed by atoms with Crippen LogP contribution in [0.5, 0.6) is 5.75 Å². The first-order chi connectivity index (χ1) is 10.7. The van der Waals surface area contributed by atoms with Crippen molar-refractivity contribution < 1.29 is 18.5 Å². The van der Waals surface area contributed by atoms with E-state index in [-0.39, 0.29) is 17.9 Å². The predicted molar refractivity (Wildman–Crippen MR) is 81.4 cm³/mol. The Labute approximate surface area is 127 Å². The van der Waals surface area contributed by atoms with E-state index in [0.717, 1.165) is 10.9 Å². The number of halogens is 1. The van der Waals surface area contributed by atoms with Gasteiger partial charge in [-0.2, -0.15) is 4.57 Å². The Balaban J connectivity index is 1.93. The van der Waals surface area contributed by atoms with Crippen LogP contribution < -0.4 is 9.30 Å². The lowest BCUT2D eigenvalue weighted by Gasteiger charge is -2.04. The van der Waals surface area contributed by atoms with Crippen LogP contribution in [-0.4, -0.2) is 12.9 Å². The first-order valence-corrected chi connectivity index (χ1v) is 6.93. The molecule has 0 radical (unpaired) electrons. The van der Waals surface area contributed by atoms with Crippen LogP contribution in [0.25, 0.3) is 10.9 Å². The lowest BCUT2D eigenvalue weighted by atomic mass is 10.1. The van der Waals surface area contributed by atoms with Gasteiger partial charge in [0.05, 0.1) is 12.7 Å². The van der Waals surface area contributed by atoms with Crippen molar-refractivity contribution in [2.24, 2.45) is 0 Å². The molecule has 0 aliphatic heterocycles. The lowest BCUT2D eigenvalue weighted by molar-refractivity contribution is -0.657. The molecule has 0 atom stereocenters. The quantitative estimate of drug-likeness (QED) is 0.547. The molecule has 0 spiro atoms. The second kappa shape index (κ2) is 5.93. The summed E-state index contributed by atoms with van der Waals surface area (Å²) in [6, 6.07) is 15.9. The van der Waals surface area contributed by atoms with E-state index in [9.17, 15) is 9.18 Å². The summed E-state index contributed by atoms with van der Waals surface area (Å²) >= 11 is 0. The van der Waals surface area contributed by atoms with Gasteiger partial charge < -0.3 is 4.74 Å². The minimum atomic E-state index is -0.565. The molecule has 0 saturated heterocycles. The third-order valence-electron chi connectivity index (χ3n) is 3.58. The molecule has 0 aliphatic rings. The number of methoxy groups -OCH3 is 1. The lowest BCUT2D eigenvalue weighted by Crippen LogP contribution is -2.38. The SMILES string of the molecule is COc1ccc(C(=O)C[n+]2cccc3ccccc32)c(F)c1. The van der Waals surface area contributed by atoms with Gasteiger partial charge in [-0.3, -0.25) is 4.79 Å². The van der Waals surface area contributed by atoms with Crippen LogP contribution in [0, 0.1) is 5.82 Å². The second-order valence-corrected chi connectivity index (χ2v) is 4.96. The van der Waals surface area contributed by atoms with Gasteiger partial charge in [-0.05, 0) is 24.3 Å². The molecule has 2 aromatic carbocycles. The fourth-order valence-electron chi connectivity index (χ4n) is 2.45. The normalized spacial score (nSPS) is 10.6. The summed E-state index contributed by atoms with van der Waals surface area (Å²) in [6.45, 7) is 0.0879. The molecule has 0 unspecified atom stereocenters. The average molecular weight is 296 g/mol. The topological polar surface area (TPSA) is 30.2 Å². The highest BCUT2D eigenvalue weighted by atomic mass is 19.1. The number of carbonyl (C=O) groups excluding carboxylic acids is 1. The summed E-state index contributed by atoms with van der Waals surface area (Å²) in [6.07, 6.45) is 1.82. The Morgan fingerprint density at radius 3 is 2.68 bits per heavy atom. The molecule has 0 amide bonds. The molecule has 0 N–H and O–H groups in total. The third kappa shape index (κ3) is 2.68. The summed E-state index contributed by atoms with van der Waals surface area (Å²) in [5.74, 6) is -0.446. The van der Waals surface area contributed by atoms with E-state index in [1.807, 2.05) is 47.2 Å². The third-order valence-corrected chi connectivity index (χ3v) is 3.58. The van der Waals surface area contributed by atoms with E-state index in [4.69, 9.17) is 4.74 Å². The smallest absolute Gasteiger partial charge is 0.230 e. The number of hydrogen-bond acceptors (Lipinski definition) is 2. The van der Waals surface area contributed by atoms with E-state index in [1.165, 1.54) is 19.2 Å². The average Bonchev–Trinajstić information content (AvgIpc) is 2.55. The van der Waals surface area contributed by atoms with Gasteiger partial charge in [0.25, 0.3) is 0 Å². The first kappa shape index (κ1) is 14.2. The van der Waals surface area contributed by atoms with Gasteiger partial charge in [-0.25, -0.2) is 4.39 Å². The van der Waals surface area contributed by atoms with Crippen molar-refractivity contribution in [2.75, 3.05) is 7.11 Å². The molecule has 4 heteroatoms. The molecule has 22 heavy (non-hydrogen) atoms. The Kier molecular flexibility index (Phi) is 3.83. The molecular weight excluding hydrogens is 281 g/mol. The van der Waals surface area contributed by atoms with Crippen molar-refractivity contribution in [3.05, 3.63) is 72.2 Å². The van der Waals surface area contributed by atoms with E-state index in [2.05, 4.69) is 0 Å². The highest BCUT2D eigenvalue weighted by Crippen LogP contribution is 2.17. The van der Waals surface area contributed by atoms with Crippen molar-refractivity contribution in [3.63, 3.8) is 0 Å². The standard InChI is InChI=1S/C18H15FNO2/c1-22-14-8-9-15(16(19)11-14)18(21)12-20-10-4-6-13-5-2-3-7-17(13)20/h2-11H,12H2,1H3/q+1. The number of pyridine rings is 1. The number of ketones is 1. The van der Waals surface area contributed by atoms with Crippen molar-refractivity contribution in [1.82, 2.24) is 0 Å². The molecular formula is C18H15FNO2+. The monoisotopic (exact) mass is 296 g/mol. The van der Waals surface area contributed by atoms with Crippen LogP contribution >= 0.6 is 0 Å². The molecule has 110 valence electrons. The predicted octanol–water partition coefficient (Wildman–Crippen LogP) is 3.16. The molecule has 1 aromatic heterocycles. The first-order valence-electron chi connectivity index (χ1n) is 6.93. The van der Waals surface area contributed by atoms with Crippen LogP contribution in [0.1, 0.15) is 10.4 Å². The number of nitrogens with zero attached hydrogens (tertiary/aromatic N) is 1. The van der Waals surface area contributed by atoms with Gasteiger partial charge >= 0.3 is 0 Å². The maximum atomic E-state index is 14.0. The molecule has 3 rings (SSSR count). The minimum Gasteiger partial charge on any atom is -0.497 e. The van der Waals surface area contributed by atoms with Crippen LogP contribution in [0.15, 0.2) is 60.8 Å². The fraction of sp³-hybridized carbons (Fsp3) is 0.111. The summed E-state index contributed by atoms with van der Waals surface area (Å²) in [4.78, 5) is 12.4. The number of hydrogen-bond donors (Lipinski definition) is 0. The molecule has 3 aromatic rings. The molecule has 0 saturated carbocycles. The second-order valence-electron chi connectivity index (χ2n) is 4.96. The van der Waals surface area contributed by atoms with Crippen molar-refractivity contribution in [1.29, 1.82) is 0 Å². The Hall–Kier alpha value is -2.75. The Bertz CT molecular complexity index is 840. The largest absolute Gasteiger partial charge is 0.497 e. The zero-order valence-electron chi connectivity index (χ0n) is 12.1. The van der Waals surface area contributed by atoms with Gasteiger partial charge in [0.1, 0.15) is 11.6 Å². The van der Waals surface area contributed by atoms with Gasteiger partial charge in [-0.15, -0.1) is 0 Å². The van der Waals surface area contributed by atoms with E-state index in [1.54, 1.807) is 6.07 Å². The Morgan fingerprint density at radius 2 is 1.91 bits per heavy atom. The molecule has 0 aliphatic carbocycles. The number of Topliss-reactive ketones (excluding diaryl/α,β-unsaturated/α-hetero) is 1. The molecule has 0 fully saturated rings. The maximum absolute atomic E-state index is 14.0. The zero-order chi connectivity index (χ0) is 15.5. The van der Waals surface area contributed by atoms with E-state index >= 15 is 0 Å². The number of carbonyl (C=O) groups is 1. The van der Waals surface area contributed by atoms with Crippen molar-refractivity contribution in [2.45, 2.75) is 6.54 Å². The fourth-order valence-corrected chi connectivity index (χ4v) is 2.45. The zero-order valence-corrected chi connectivity index (χ0v) is 12.1. The maximum Gasteiger partial charge on any atom is 0.230 e. The van der Waals surface area contributed by atoms with Crippen molar-refractivity contribution >= 4 is 16.7 Å². The molecule has 0 bridgehead atoms. The highest BCUT2D eigenvalue weighted by molar-refractivity contribution is 5.95.